The van der Waals surface area contributed by atoms with Gasteiger partial charge in [-0.3, -0.25) is 9.36 Å². The molecular weight excluding hydrogens is 215 g/mol. The number of ketones is 1. The quantitative estimate of drug-likeness (QED) is 0.663. The molecule has 15 heavy (non-hydrogen) atoms. The highest BCUT2D eigenvalue weighted by Gasteiger charge is 2.34. The Hall–Kier alpha value is -0.180. The lowest BCUT2D eigenvalue weighted by atomic mass is 10.1. The minimum Gasteiger partial charge on any atom is -0.309 e. The summed E-state index contributed by atoms with van der Waals surface area (Å²) in [5.74, 6) is 0.0866. The molecule has 0 radical (unpaired) electrons. The van der Waals surface area contributed by atoms with Gasteiger partial charge in [-0.15, -0.1) is 0 Å². The lowest BCUT2D eigenvalue weighted by Gasteiger charge is -2.19. The van der Waals surface area contributed by atoms with Crippen LogP contribution in [0.25, 0.3) is 0 Å². The van der Waals surface area contributed by atoms with Crippen LogP contribution >= 0.6 is 7.60 Å². The van der Waals surface area contributed by atoms with Crippen molar-refractivity contribution in [3.8, 4) is 0 Å². The number of rotatable bonds is 6. The van der Waals surface area contributed by atoms with E-state index in [9.17, 15) is 9.36 Å². The summed E-state index contributed by atoms with van der Waals surface area (Å²) >= 11 is 0. The van der Waals surface area contributed by atoms with Gasteiger partial charge in [0, 0.05) is 12.3 Å². The van der Waals surface area contributed by atoms with E-state index in [1.165, 1.54) is 0 Å². The number of carbonyl (C=O) groups is 1. The van der Waals surface area contributed by atoms with Gasteiger partial charge in [0.05, 0.1) is 19.4 Å². The molecule has 0 spiro atoms. The van der Waals surface area contributed by atoms with Crippen molar-refractivity contribution in [2.75, 3.05) is 19.4 Å². The van der Waals surface area contributed by atoms with Gasteiger partial charge in [-0.1, -0.05) is 0 Å². The summed E-state index contributed by atoms with van der Waals surface area (Å²) in [7, 11) is -3.03. The highest BCUT2D eigenvalue weighted by Crippen LogP contribution is 2.51. The van der Waals surface area contributed by atoms with Crippen LogP contribution in [0.5, 0.6) is 0 Å². The first-order valence-electron chi connectivity index (χ1n) is 5.52. The lowest BCUT2D eigenvalue weighted by Crippen LogP contribution is -2.14. The molecule has 1 saturated carbocycles. The third kappa shape index (κ3) is 3.71. The van der Waals surface area contributed by atoms with Crippen molar-refractivity contribution in [3.63, 3.8) is 0 Å². The number of hydrogen-bond donors (Lipinski definition) is 0. The molecule has 1 fully saturated rings. The monoisotopic (exact) mass is 234 g/mol. The molecule has 0 aromatic heterocycles. The molecule has 0 saturated heterocycles. The summed E-state index contributed by atoms with van der Waals surface area (Å²) in [6, 6.07) is 0. The predicted octanol–water partition coefficient (Wildman–Crippen LogP) is 2.62. The lowest BCUT2D eigenvalue weighted by molar-refractivity contribution is -0.120. The Morgan fingerprint density at radius 1 is 1.33 bits per heavy atom. The highest BCUT2D eigenvalue weighted by atomic mass is 31.2. The Labute approximate surface area is 90.9 Å². The molecule has 0 bridgehead atoms. The minimum atomic E-state index is -3.03. The van der Waals surface area contributed by atoms with Gasteiger partial charge < -0.3 is 9.05 Å². The summed E-state index contributed by atoms with van der Waals surface area (Å²) < 4.78 is 22.4. The van der Waals surface area contributed by atoms with Crippen molar-refractivity contribution in [2.24, 2.45) is 5.92 Å². The molecule has 1 aliphatic rings. The van der Waals surface area contributed by atoms with E-state index >= 15 is 0 Å². The second-order valence-electron chi connectivity index (χ2n) is 3.68. The number of hydrogen-bond acceptors (Lipinski definition) is 4. The fourth-order valence-electron chi connectivity index (χ4n) is 1.89. The SMILES string of the molecule is CCOP(=O)(C[C@H]1CCCC1=O)OCC. The molecule has 0 aliphatic heterocycles. The third-order valence-corrected chi connectivity index (χ3v) is 4.72. The first-order chi connectivity index (χ1) is 7.11. The standard InChI is InChI=1S/C10H19O4P/c1-3-13-15(12,14-4-2)8-9-6-5-7-10(9)11/h9H,3-8H2,1-2H3/t9-/m1/s1. The van der Waals surface area contributed by atoms with Crippen molar-refractivity contribution in [1.82, 2.24) is 0 Å². The molecule has 0 aromatic carbocycles. The van der Waals surface area contributed by atoms with Crippen molar-refractivity contribution >= 4 is 13.4 Å². The Kier molecular flexibility index (Phi) is 4.97. The van der Waals surface area contributed by atoms with Crippen LogP contribution in [0, 0.1) is 5.92 Å². The molecule has 1 aliphatic carbocycles. The topological polar surface area (TPSA) is 52.6 Å². The fraction of sp³-hybridized carbons (Fsp3) is 0.900. The highest BCUT2D eigenvalue weighted by molar-refractivity contribution is 7.53. The maximum absolute atomic E-state index is 12.1. The molecule has 0 heterocycles. The van der Waals surface area contributed by atoms with Crippen molar-refractivity contribution < 1.29 is 18.4 Å². The molecule has 0 amide bonds. The van der Waals surface area contributed by atoms with E-state index in [0.717, 1.165) is 12.8 Å². The van der Waals surface area contributed by atoms with E-state index in [0.29, 0.717) is 19.6 Å². The summed E-state index contributed by atoms with van der Waals surface area (Å²) in [6.07, 6.45) is 2.60. The maximum atomic E-state index is 12.1. The van der Waals surface area contributed by atoms with Crippen molar-refractivity contribution in [2.45, 2.75) is 33.1 Å². The fourth-order valence-corrected chi connectivity index (χ4v) is 3.89. The van der Waals surface area contributed by atoms with Gasteiger partial charge >= 0.3 is 7.60 Å². The largest absolute Gasteiger partial charge is 0.331 e. The molecule has 88 valence electrons. The van der Waals surface area contributed by atoms with Crippen LogP contribution in [0.4, 0.5) is 0 Å². The summed E-state index contributed by atoms with van der Waals surface area (Å²) in [6.45, 7) is 4.28. The minimum absolute atomic E-state index is 0.117. The van der Waals surface area contributed by atoms with E-state index in [4.69, 9.17) is 9.05 Å². The molecule has 0 aromatic rings. The van der Waals surface area contributed by atoms with Gasteiger partial charge in [-0.25, -0.2) is 0 Å². The van der Waals surface area contributed by atoms with Crippen LogP contribution in [0.1, 0.15) is 33.1 Å². The van der Waals surface area contributed by atoms with Gasteiger partial charge in [0.2, 0.25) is 0 Å². The van der Waals surface area contributed by atoms with Gasteiger partial charge in [0.1, 0.15) is 5.78 Å². The molecule has 0 N–H and O–H groups in total. The zero-order valence-corrected chi connectivity index (χ0v) is 10.3. The maximum Gasteiger partial charge on any atom is 0.331 e. The second kappa shape index (κ2) is 5.78. The Balaban J connectivity index is 2.57. The molecule has 1 atom stereocenters. The zero-order chi connectivity index (χ0) is 11.3. The van der Waals surface area contributed by atoms with Crippen LogP contribution < -0.4 is 0 Å². The Bertz CT molecular complexity index is 254. The van der Waals surface area contributed by atoms with Crippen LogP contribution in [0.3, 0.4) is 0 Å². The first kappa shape index (κ1) is 12.9. The van der Waals surface area contributed by atoms with Gasteiger partial charge in [0.25, 0.3) is 0 Å². The van der Waals surface area contributed by atoms with Crippen LogP contribution in [-0.4, -0.2) is 25.2 Å². The summed E-state index contributed by atoms with van der Waals surface area (Å²) in [4.78, 5) is 11.4. The molecule has 1 rings (SSSR count). The van der Waals surface area contributed by atoms with E-state index in [1.807, 2.05) is 0 Å². The van der Waals surface area contributed by atoms with Crippen molar-refractivity contribution in [1.29, 1.82) is 0 Å². The number of carbonyl (C=O) groups excluding carboxylic acids is 1. The van der Waals surface area contributed by atoms with Crippen LogP contribution in [-0.2, 0) is 18.4 Å². The smallest absolute Gasteiger partial charge is 0.309 e. The Morgan fingerprint density at radius 2 is 1.93 bits per heavy atom. The van der Waals surface area contributed by atoms with Gasteiger partial charge in [0.15, 0.2) is 0 Å². The average Bonchev–Trinajstić information content (AvgIpc) is 2.52. The predicted molar refractivity (Wildman–Crippen MR) is 58.1 cm³/mol. The third-order valence-electron chi connectivity index (χ3n) is 2.53. The van der Waals surface area contributed by atoms with Gasteiger partial charge in [-0.05, 0) is 26.7 Å². The first-order valence-corrected chi connectivity index (χ1v) is 7.25. The van der Waals surface area contributed by atoms with Crippen molar-refractivity contribution in [3.05, 3.63) is 0 Å². The Morgan fingerprint density at radius 3 is 2.33 bits per heavy atom. The normalized spacial score (nSPS) is 22.3. The number of Topliss-reactive ketones (excluding diaryl/α,β-unsaturated/α-hetero) is 1. The van der Waals surface area contributed by atoms with E-state index in [-0.39, 0.29) is 17.9 Å². The van der Waals surface area contributed by atoms with Crippen LogP contribution in [0.15, 0.2) is 0 Å². The summed E-state index contributed by atoms with van der Waals surface area (Å²) in [5.41, 5.74) is 0. The zero-order valence-electron chi connectivity index (χ0n) is 9.40. The van der Waals surface area contributed by atoms with Crippen LogP contribution in [0.2, 0.25) is 0 Å². The molecule has 4 nitrogen and oxygen atoms in total. The second-order valence-corrected chi connectivity index (χ2v) is 5.79. The average molecular weight is 234 g/mol. The van der Waals surface area contributed by atoms with E-state index in [2.05, 4.69) is 0 Å². The van der Waals surface area contributed by atoms with Gasteiger partial charge in [-0.2, -0.15) is 0 Å². The van der Waals surface area contributed by atoms with E-state index in [1.54, 1.807) is 13.8 Å². The molecule has 0 unspecified atom stereocenters. The molecular formula is C10H19O4P. The molecule has 5 heteroatoms. The summed E-state index contributed by atoms with van der Waals surface area (Å²) in [5, 5.41) is 0. The van der Waals surface area contributed by atoms with E-state index < -0.39 is 7.60 Å².